The predicted molar refractivity (Wildman–Crippen MR) is 89.6 cm³/mol. The van der Waals surface area contributed by atoms with Gasteiger partial charge in [0, 0.05) is 16.7 Å². The third-order valence-corrected chi connectivity index (χ3v) is 4.41. The fraction of sp³-hybridized carbons (Fsp3) is 0.333. The summed E-state index contributed by atoms with van der Waals surface area (Å²) in [5, 5.41) is 4.58. The molecule has 0 radical (unpaired) electrons. The molecular formula is C15H16BrCl2NO2. The van der Waals surface area contributed by atoms with Crippen molar-refractivity contribution in [3.8, 4) is 5.75 Å². The van der Waals surface area contributed by atoms with E-state index in [0.29, 0.717) is 20.5 Å². The second kappa shape index (κ2) is 7.54. The van der Waals surface area contributed by atoms with Crippen LogP contribution in [0.25, 0.3) is 0 Å². The first-order valence-electron chi connectivity index (χ1n) is 6.57. The normalized spacial score (nSPS) is 12.4. The highest BCUT2D eigenvalue weighted by atomic mass is 79.9. The fourth-order valence-corrected chi connectivity index (χ4v) is 3.09. The lowest BCUT2D eigenvalue weighted by molar-refractivity contribution is 0.414. The van der Waals surface area contributed by atoms with Crippen molar-refractivity contribution in [2.24, 2.45) is 0 Å². The number of benzene rings is 1. The number of rotatable bonds is 6. The molecule has 3 nitrogen and oxygen atoms in total. The molecule has 2 rings (SSSR count). The average Bonchev–Trinajstić information content (AvgIpc) is 2.88. The van der Waals surface area contributed by atoms with Gasteiger partial charge in [0.25, 0.3) is 0 Å². The highest BCUT2D eigenvalue weighted by Gasteiger charge is 2.22. The topological polar surface area (TPSA) is 34.4 Å². The van der Waals surface area contributed by atoms with Crippen LogP contribution in [0.3, 0.4) is 0 Å². The third-order valence-electron chi connectivity index (χ3n) is 3.14. The van der Waals surface area contributed by atoms with Crippen molar-refractivity contribution in [3.05, 3.63) is 50.3 Å². The molecule has 0 aliphatic carbocycles. The molecule has 1 atom stereocenters. The van der Waals surface area contributed by atoms with Crippen LogP contribution in [0.1, 0.15) is 30.5 Å². The number of methoxy groups -OCH3 is 1. The summed E-state index contributed by atoms with van der Waals surface area (Å²) in [6.45, 7) is 2.96. The zero-order valence-electron chi connectivity index (χ0n) is 11.8. The van der Waals surface area contributed by atoms with Crippen molar-refractivity contribution in [3.63, 3.8) is 0 Å². The van der Waals surface area contributed by atoms with Crippen LogP contribution in [0.2, 0.25) is 10.0 Å². The Kier molecular flexibility index (Phi) is 5.99. The van der Waals surface area contributed by atoms with Crippen LogP contribution in [-0.2, 0) is 0 Å². The van der Waals surface area contributed by atoms with Gasteiger partial charge in [-0.15, -0.1) is 0 Å². The molecule has 0 saturated heterocycles. The first-order valence-corrected chi connectivity index (χ1v) is 8.12. The lowest BCUT2D eigenvalue weighted by Gasteiger charge is -2.20. The average molecular weight is 393 g/mol. The molecule has 0 fully saturated rings. The van der Waals surface area contributed by atoms with Crippen LogP contribution in [0.5, 0.6) is 5.75 Å². The lowest BCUT2D eigenvalue weighted by Crippen LogP contribution is -2.23. The molecule has 21 heavy (non-hydrogen) atoms. The van der Waals surface area contributed by atoms with Crippen molar-refractivity contribution in [2.75, 3.05) is 13.7 Å². The van der Waals surface area contributed by atoms with Crippen molar-refractivity contribution in [1.82, 2.24) is 5.32 Å². The number of halogens is 3. The maximum Gasteiger partial charge on any atom is 0.174 e. The summed E-state index contributed by atoms with van der Waals surface area (Å²) >= 11 is 16.1. The van der Waals surface area contributed by atoms with Crippen LogP contribution in [-0.4, -0.2) is 13.7 Å². The Morgan fingerprint density at radius 1 is 1.29 bits per heavy atom. The molecule has 1 heterocycles. The lowest BCUT2D eigenvalue weighted by atomic mass is 10.0. The Hall–Kier alpha value is -0.680. The number of hydrogen-bond acceptors (Lipinski definition) is 3. The van der Waals surface area contributed by atoms with E-state index in [0.717, 1.165) is 24.1 Å². The van der Waals surface area contributed by atoms with Crippen molar-refractivity contribution in [2.45, 2.75) is 19.4 Å². The molecule has 1 N–H and O–H groups in total. The Morgan fingerprint density at radius 2 is 2.05 bits per heavy atom. The summed E-state index contributed by atoms with van der Waals surface area (Å²) in [5.41, 5.74) is 1.87. The van der Waals surface area contributed by atoms with E-state index in [-0.39, 0.29) is 6.04 Å². The predicted octanol–water partition coefficient (Wildman–Crippen LogP) is 5.45. The minimum atomic E-state index is -0.103. The van der Waals surface area contributed by atoms with Gasteiger partial charge in [0.05, 0.1) is 24.4 Å². The summed E-state index contributed by atoms with van der Waals surface area (Å²) in [6, 6.07) is 5.36. The van der Waals surface area contributed by atoms with E-state index in [9.17, 15) is 0 Å². The number of nitrogens with one attached hydrogen (secondary N) is 1. The summed E-state index contributed by atoms with van der Waals surface area (Å²) in [7, 11) is 1.57. The number of ether oxygens (including phenoxy) is 1. The first-order chi connectivity index (χ1) is 10.1. The maximum absolute atomic E-state index is 6.40. The molecule has 1 unspecified atom stereocenters. The Morgan fingerprint density at radius 3 is 2.62 bits per heavy atom. The van der Waals surface area contributed by atoms with E-state index < -0.39 is 0 Å². The smallest absolute Gasteiger partial charge is 0.174 e. The van der Waals surface area contributed by atoms with Crippen molar-refractivity contribution in [1.29, 1.82) is 0 Å². The van der Waals surface area contributed by atoms with Gasteiger partial charge in [0.1, 0.15) is 5.75 Å². The van der Waals surface area contributed by atoms with E-state index in [2.05, 4.69) is 28.2 Å². The van der Waals surface area contributed by atoms with Gasteiger partial charge in [-0.1, -0.05) is 30.1 Å². The molecule has 6 heteroatoms. The second-order valence-corrected chi connectivity index (χ2v) is 6.08. The zero-order chi connectivity index (χ0) is 15.4. The van der Waals surface area contributed by atoms with E-state index in [4.69, 9.17) is 32.4 Å². The Labute approximate surface area is 142 Å². The highest BCUT2D eigenvalue weighted by Crippen LogP contribution is 2.38. The van der Waals surface area contributed by atoms with Gasteiger partial charge in [-0.3, -0.25) is 0 Å². The van der Waals surface area contributed by atoms with E-state index in [1.54, 1.807) is 19.4 Å². The van der Waals surface area contributed by atoms with Gasteiger partial charge < -0.3 is 14.5 Å². The maximum atomic E-state index is 6.40. The number of hydrogen-bond donors (Lipinski definition) is 1. The zero-order valence-corrected chi connectivity index (χ0v) is 14.8. The summed E-state index contributed by atoms with van der Waals surface area (Å²) < 4.78 is 11.2. The largest absolute Gasteiger partial charge is 0.495 e. The molecule has 1 aromatic carbocycles. The monoisotopic (exact) mass is 391 g/mol. The summed E-state index contributed by atoms with van der Waals surface area (Å²) in [5.74, 6) is 0.561. The summed E-state index contributed by atoms with van der Waals surface area (Å²) in [4.78, 5) is 0. The van der Waals surface area contributed by atoms with Crippen LogP contribution in [0, 0.1) is 0 Å². The van der Waals surface area contributed by atoms with Crippen LogP contribution in [0.15, 0.2) is 33.5 Å². The molecule has 0 aliphatic heterocycles. The molecule has 114 valence electrons. The Bertz CT molecular complexity index is 616. The van der Waals surface area contributed by atoms with Gasteiger partial charge in [0.2, 0.25) is 0 Å². The fourth-order valence-electron chi connectivity index (χ4n) is 2.11. The third kappa shape index (κ3) is 3.75. The molecule has 2 aromatic rings. The molecule has 0 bridgehead atoms. The highest BCUT2D eigenvalue weighted by molar-refractivity contribution is 9.10. The van der Waals surface area contributed by atoms with Gasteiger partial charge in [-0.25, -0.2) is 0 Å². The van der Waals surface area contributed by atoms with Gasteiger partial charge in [-0.2, -0.15) is 0 Å². The standard InChI is InChI=1S/C15H16BrCl2NO2/c1-3-5-19-14(9-4-6-21-15(9)16)10-7-12(18)13(20-2)8-11(10)17/h4,6-8,14,19H,3,5H2,1-2H3. The quantitative estimate of drug-likeness (QED) is 0.709. The van der Waals surface area contributed by atoms with Crippen LogP contribution in [0.4, 0.5) is 0 Å². The van der Waals surface area contributed by atoms with E-state index in [1.807, 2.05) is 12.1 Å². The molecular weight excluding hydrogens is 377 g/mol. The SMILES string of the molecule is CCCNC(c1cc(Cl)c(OC)cc1Cl)c1ccoc1Br. The first kappa shape index (κ1) is 16.7. The van der Waals surface area contributed by atoms with Gasteiger partial charge in [-0.05, 0) is 46.6 Å². The van der Waals surface area contributed by atoms with Crippen LogP contribution >= 0.6 is 39.1 Å². The van der Waals surface area contributed by atoms with Gasteiger partial charge in [0.15, 0.2) is 4.67 Å². The molecule has 0 saturated carbocycles. The number of furan rings is 1. The van der Waals surface area contributed by atoms with E-state index in [1.165, 1.54) is 0 Å². The van der Waals surface area contributed by atoms with Crippen LogP contribution < -0.4 is 10.1 Å². The minimum Gasteiger partial charge on any atom is -0.495 e. The Balaban J connectivity index is 2.46. The second-order valence-electron chi connectivity index (χ2n) is 4.55. The van der Waals surface area contributed by atoms with Crippen molar-refractivity contribution < 1.29 is 9.15 Å². The molecule has 0 aliphatic rings. The van der Waals surface area contributed by atoms with Gasteiger partial charge >= 0.3 is 0 Å². The molecule has 1 aromatic heterocycles. The molecule has 0 spiro atoms. The minimum absolute atomic E-state index is 0.103. The summed E-state index contributed by atoms with van der Waals surface area (Å²) in [6.07, 6.45) is 2.65. The van der Waals surface area contributed by atoms with E-state index >= 15 is 0 Å². The molecule has 0 amide bonds. The van der Waals surface area contributed by atoms with Crippen molar-refractivity contribution >= 4 is 39.1 Å².